The highest BCUT2D eigenvalue weighted by molar-refractivity contribution is 7.90. The van der Waals surface area contributed by atoms with Crippen LogP contribution in [0.4, 0.5) is 0 Å². The van der Waals surface area contributed by atoms with Gasteiger partial charge < -0.3 is 9.29 Å². The number of allylic oxidation sites excluding steroid dienone is 2. The molecule has 0 radical (unpaired) electrons. The number of fused-ring (bicyclic) bond motifs is 2. The van der Waals surface area contributed by atoms with Crippen molar-refractivity contribution >= 4 is 30.2 Å². The molecule has 3 aromatic rings. The molecular weight excluding hydrogens is 529 g/mol. The molecule has 4 atom stereocenters. The van der Waals surface area contributed by atoms with Crippen LogP contribution in [0.2, 0.25) is 0 Å². The molecule has 2 heterocycles. The Labute approximate surface area is 245 Å². The molecule has 0 amide bonds. The van der Waals surface area contributed by atoms with E-state index < -0.39 is 24.0 Å². The average Bonchev–Trinajstić information content (AvgIpc) is 3.34. The zero-order valence-electron chi connectivity index (χ0n) is 25.0. The van der Waals surface area contributed by atoms with Crippen molar-refractivity contribution in [3.8, 4) is 5.75 Å². The third-order valence-corrected chi connectivity index (χ3v) is 12.5. The molecule has 0 fully saturated rings. The van der Waals surface area contributed by atoms with Crippen molar-refractivity contribution in [2.45, 2.75) is 71.8 Å². The maximum absolute atomic E-state index is 13.8. The smallest absolute Gasteiger partial charge is 0.136 e. The lowest BCUT2D eigenvalue weighted by Gasteiger charge is -2.36. The van der Waals surface area contributed by atoms with E-state index in [0.29, 0.717) is 0 Å². The van der Waals surface area contributed by atoms with E-state index in [1.165, 1.54) is 32.9 Å². The second kappa shape index (κ2) is 10.8. The van der Waals surface area contributed by atoms with Crippen molar-refractivity contribution in [1.29, 1.82) is 0 Å². The van der Waals surface area contributed by atoms with E-state index in [1.807, 2.05) is 20.8 Å². The Morgan fingerprint density at radius 2 is 1.40 bits per heavy atom. The fourth-order valence-corrected chi connectivity index (χ4v) is 10.6. The summed E-state index contributed by atoms with van der Waals surface area (Å²) in [5, 5.41) is 2.88. The molecule has 0 aromatic heterocycles. The molecule has 2 bridgehead atoms. The van der Waals surface area contributed by atoms with E-state index in [9.17, 15) is 4.55 Å². The molecule has 0 unspecified atom stereocenters. The Morgan fingerprint density at radius 3 is 1.93 bits per heavy atom. The maximum Gasteiger partial charge on any atom is 0.136 e. The van der Waals surface area contributed by atoms with Crippen LogP contribution in [0.3, 0.4) is 0 Å². The lowest BCUT2D eigenvalue weighted by Crippen LogP contribution is -2.41. The summed E-state index contributed by atoms with van der Waals surface area (Å²) in [5.41, 5.74) is 6.21. The highest BCUT2D eigenvalue weighted by Crippen LogP contribution is 2.79. The number of nitrogens with one attached hydrogen (secondary N) is 1. The van der Waals surface area contributed by atoms with Gasteiger partial charge in [0.05, 0.1) is 0 Å². The van der Waals surface area contributed by atoms with E-state index >= 15 is 0 Å². The van der Waals surface area contributed by atoms with Crippen LogP contribution in [-0.4, -0.2) is 21.1 Å². The first-order valence-electron chi connectivity index (χ1n) is 14.1. The van der Waals surface area contributed by atoms with Gasteiger partial charge in [-0.15, -0.1) is 4.72 Å². The van der Waals surface area contributed by atoms with Gasteiger partial charge in [-0.2, -0.15) is 0 Å². The molecule has 0 aliphatic carbocycles. The van der Waals surface area contributed by atoms with E-state index in [-0.39, 0.29) is 17.1 Å². The van der Waals surface area contributed by atoms with Crippen molar-refractivity contribution in [3.63, 3.8) is 0 Å². The van der Waals surface area contributed by atoms with Crippen LogP contribution in [0.15, 0.2) is 95.8 Å². The predicted molar refractivity (Wildman–Crippen MR) is 173 cm³/mol. The summed E-state index contributed by atoms with van der Waals surface area (Å²) in [6.07, 6.45) is 1.09. The van der Waals surface area contributed by atoms with E-state index in [4.69, 9.17) is 4.74 Å². The summed E-state index contributed by atoms with van der Waals surface area (Å²) < 4.78 is 23.1. The highest BCUT2D eigenvalue weighted by Gasteiger charge is 2.54. The molecular formula is C35H42NO2PS. The summed E-state index contributed by atoms with van der Waals surface area (Å²) in [6.45, 7) is 17.0. The Hall–Kier alpha value is -2.36. The largest absolute Gasteiger partial charge is 0.598 e. The van der Waals surface area contributed by atoms with Crippen LogP contribution in [0.1, 0.15) is 78.1 Å². The number of hydrogen-bond acceptors (Lipinski definition) is 3. The molecule has 0 saturated heterocycles. The van der Waals surface area contributed by atoms with Crippen LogP contribution in [-0.2, 0) is 11.4 Å². The van der Waals surface area contributed by atoms with Crippen molar-refractivity contribution < 1.29 is 9.29 Å². The van der Waals surface area contributed by atoms with Gasteiger partial charge in [-0.05, 0) is 108 Å². The fourth-order valence-electron chi connectivity index (χ4n) is 5.85. The van der Waals surface area contributed by atoms with Crippen molar-refractivity contribution in [1.82, 2.24) is 4.72 Å². The van der Waals surface area contributed by atoms with E-state index in [0.717, 1.165) is 17.5 Å². The first-order valence-corrected chi connectivity index (χ1v) is 16.8. The molecule has 0 saturated carbocycles. The Morgan fingerprint density at radius 1 is 0.850 bits per heavy atom. The molecule has 3 nitrogen and oxygen atoms in total. The third kappa shape index (κ3) is 5.57. The lowest BCUT2D eigenvalue weighted by molar-refractivity contribution is 0.131. The van der Waals surface area contributed by atoms with Crippen LogP contribution in [0.25, 0.3) is 10.9 Å². The van der Waals surface area contributed by atoms with E-state index in [1.54, 1.807) is 0 Å². The first-order chi connectivity index (χ1) is 18.8. The van der Waals surface area contributed by atoms with Gasteiger partial charge in [0.25, 0.3) is 0 Å². The molecule has 210 valence electrons. The molecule has 3 aromatic carbocycles. The second-order valence-corrected chi connectivity index (χ2v) is 17.2. The fraction of sp³-hybridized carbons (Fsp3) is 0.371. The number of rotatable bonds is 7. The van der Waals surface area contributed by atoms with Gasteiger partial charge in [0.2, 0.25) is 0 Å². The van der Waals surface area contributed by atoms with Crippen molar-refractivity contribution in [2.24, 2.45) is 5.41 Å². The summed E-state index contributed by atoms with van der Waals surface area (Å²) in [7, 11) is -0.651. The van der Waals surface area contributed by atoms with Gasteiger partial charge in [-0.3, -0.25) is 0 Å². The highest BCUT2D eigenvalue weighted by atomic mass is 32.2. The topological polar surface area (TPSA) is 44.3 Å². The summed E-state index contributed by atoms with van der Waals surface area (Å²) in [6, 6.07) is 29.9. The van der Waals surface area contributed by atoms with Crippen molar-refractivity contribution in [2.75, 3.05) is 6.16 Å². The minimum absolute atomic E-state index is 0.0774. The number of ether oxygens (including phenoxy) is 1. The Balaban J connectivity index is 1.70. The minimum Gasteiger partial charge on any atom is -0.598 e. The Bertz CT molecular complexity index is 1420. The molecule has 40 heavy (non-hydrogen) atoms. The summed E-state index contributed by atoms with van der Waals surface area (Å²) in [4.78, 5) is 0. The molecule has 2 aliphatic rings. The average molecular weight is 572 g/mol. The van der Waals surface area contributed by atoms with Gasteiger partial charge in [0.1, 0.15) is 22.1 Å². The van der Waals surface area contributed by atoms with E-state index in [2.05, 4.69) is 124 Å². The monoisotopic (exact) mass is 571 g/mol. The standard InChI is InChI=1S/C35H42NO2PS/c1-24-31(27-17-13-10-14-18-27)39-23-35(24,8)29(25-15-11-9-12-16-25)32(39)30(36-40(37)34(5,6)7)26-19-21-28(22-20-26)38-33(2,3)4/h9-22,30,36H,23H2,1-8H3/t30-,35-,39+,40+/m1/s1. The maximum atomic E-state index is 13.8. The molecule has 5 rings (SSSR count). The van der Waals surface area contributed by atoms with Gasteiger partial charge >= 0.3 is 0 Å². The minimum atomic E-state index is -1.26. The Kier molecular flexibility index (Phi) is 7.87. The van der Waals surface area contributed by atoms with Gasteiger partial charge in [0.15, 0.2) is 0 Å². The SMILES string of the molecule is CC1=C(c2ccccc2)[P@]2C[C@@]1(C)C(c1ccccc1)=C2[C@H](N[S@@+]([O-])C(C)(C)C)c1ccc(OC(C)(C)C)cc1. The second-order valence-electron chi connectivity index (χ2n) is 13.1. The van der Waals surface area contributed by atoms with Crippen LogP contribution in [0, 0.1) is 5.41 Å². The number of hydrogen-bond donors (Lipinski definition) is 1. The lowest BCUT2D eigenvalue weighted by atomic mass is 9.73. The van der Waals surface area contributed by atoms with Crippen LogP contribution >= 0.6 is 7.92 Å². The van der Waals surface area contributed by atoms with Gasteiger partial charge in [-0.25, -0.2) is 0 Å². The predicted octanol–water partition coefficient (Wildman–Crippen LogP) is 9.31. The van der Waals surface area contributed by atoms with Gasteiger partial charge in [-0.1, -0.05) is 85.3 Å². The van der Waals surface area contributed by atoms with Gasteiger partial charge in [0, 0.05) is 16.8 Å². The summed E-state index contributed by atoms with van der Waals surface area (Å²) in [5.74, 6) is 0.843. The molecule has 2 aliphatic heterocycles. The zero-order valence-corrected chi connectivity index (χ0v) is 26.8. The molecule has 5 heteroatoms. The first kappa shape index (κ1) is 29.1. The molecule has 1 N–H and O–H groups in total. The van der Waals surface area contributed by atoms with Crippen LogP contribution in [0.5, 0.6) is 5.75 Å². The zero-order chi connectivity index (χ0) is 28.9. The normalized spacial score (nSPS) is 22.6. The number of benzene rings is 3. The van der Waals surface area contributed by atoms with Crippen molar-refractivity contribution in [3.05, 3.63) is 113 Å². The summed E-state index contributed by atoms with van der Waals surface area (Å²) >= 11 is -1.26. The quantitative estimate of drug-likeness (QED) is 0.227. The molecule has 0 spiro atoms. The van der Waals surface area contributed by atoms with Crippen LogP contribution < -0.4 is 9.46 Å². The third-order valence-electron chi connectivity index (χ3n) is 7.83.